The summed E-state index contributed by atoms with van der Waals surface area (Å²) in [7, 11) is 0. The van der Waals surface area contributed by atoms with Gasteiger partial charge in [0.2, 0.25) is 5.91 Å². The van der Waals surface area contributed by atoms with E-state index in [2.05, 4.69) is 5.32 Å². The molecule has 1 heterocycles. The highest BCUT2D eigenvalue weighted by Crippen LogP contribution is 2.20. The van der Waals surface area contributed by atoms with Crippen LogP contribution in [0.15, 0.2) is 24.3 Å². The van der Waals surface area contributed by atoms with E-state index in [-0.39, 0.29) is 18.3 Å². The van der Waals surface area contributed by atoms with E-state index in [9.17, 15) is 4.79 Å². The van der Waals surface area contributed by atoms with Gasteiger partial charge in [0.1, 0.15) is 5.75 Å². The van der Waals surface area contributed by atoms with Crippen LogP contribution < -0.4 is 15.8 Å². The normalized spacial score (nSPS) is 14.6. The largest absolute Gasteiger partial charge is 0.493 e. The van der Waals surface area contributed by atoms with E-state index >= 15 is 0 Å². The highest BCUT2D eigenvalue weighted by Gasteiger charge is 2.14. The van der Waals surface area contributed by atoms with Crippen molar-refractivity contribution in [1.82, 2.24) is 0 Å². The van der Waals surface area contributed by atoms with E-state index in [4.69, 9.17) is 15.2 Å². The Balaban J connectivity index is 0.00000312. The number of nitrogens with two attached hydrogens (primary N) is 1. The lowest BCUT2D eigenvalue weighted by Crippen LogP contribution is -2.21. The predicted octanol–water partition coefficient (Wildman–Crippen LogP) is 3.76. The van der Waals surface area contributed by atoms with Crippen LogP contribution in [-0.4, -0.2) is 32.3 Å². The van der Waals surface area contributed by atoms with Crippen molar-refractivity contribution in [3.8, 4) is 5.75 Å². The van der Waals surface area contributed by atoms with Crippen molar-refractivity contribution in [3.05, 3.63) is 24.3 Å². The molecule has 0 aromatic heterocycles. The molecule has 5 nitrogen and oxygen atoms in total. The zero-order chi connectivity index (χ0) is 17.0. The number of carbonyl (C=O) groups excluding carboxylic acids is 1. The second-order valence-electron chi connectivity index (χ2n) is 6.39. The van der Waals surface area contributed by atoms with Crippen molar-refractivity contribution in [2.24, 2.45) is 11.7 Å². The number of amides is 1. The Morgan fingerprint density at radius 1 is 1.12 bits per heavy atom. The van der Waals surface area contributed by atoms with Crippen LogP contribution in [0, 0.1) is 5.92 Å². The maximum atomic E-state index is 11.9. The van der Waals surface area contributed by atoms with E-state index in [1.165, 1.54) is 0 Å². The minimum Gasteiger partial charge on any atom is -0.493 e. The van der Waals surface area contributed by atoms with Crippen molar-refractivity contribution in [2.45, 2.75) is 44.9 Å². The van der Waals surface area contributed by atoms with Crippen LogP contribution in [0.2, 0.25) is 0 Å². The molecule has 0 aliphatic carbocycles. The Hall–Kier alpha value is -1.30. The number of nitrogens with one attached hydrogen (secondary N) is 1. The molecule has 142 valence electrons. The topological polar surface area (TPSA) is 73.6 Å². The number of carbonyl (C=O) groups is 1. The number of ether oxygens (including phenoxy) is 2. The van der Waals surface area contributed by atoms with Gasteiger partial charge in [-0.25, -0.2) is 0 Å². The molecular weight excluding hydrogens is 340 g/mol. The molecule has 0 bridgehead atoms. The standard InChI is InChI=1S/C19H30N2O3.ClH/c20-12-4-2-1-3-5-19(22)21-17-6-8-18(9-7-17)24-15-16-10-13-23-14-11-16;/h6-9,16H,1-5,10-15,20H2,(H,21,22);1H. The first-order chi connectivity index (χ1) is 11.8. The number of halogens is 1. The summed E-state index contributed by atoms with van der Waals surface area (Å²) >= 11 is 0. The fraction of sp³-hybridized carbons (Fsp3) is 0.632. The van der Waals surface area contributed by atoms with E-state index in [1.54, 1.807) is 0 Å². The van der Waals surface area contributed by atoms with Crippen molar-refractivity contribution in [2.75, 3.05) is 31.7 Å². The van der Waals surface area contributed by atoms with Gasteiger partial charge in [0.25, 0.3) is 0 Å². The van der Waals surface area contributed by atoms with Gasteiger partial charge in [0.05, 0.1) is 6.61 Å². The van der Waals surface area contributed by atoms with Gasteiger partial charge in [-0.15, -0.1) is 12.4 Å². The summed E-state index contributed by atoms with van der Waals surface area (Å²) in [6, 6.07) is 7.61. The van der Waals surface area contributed by atoms with Gasteiger partial charge in [-0.3, -0.25) is 4.79 Å². The third-order valence-electron chi connectivity index (χ3n) is 4.32. The smallest absolute Gasteiger partial charge is 0.224 e. The van der Waals surface area contributed by atoms with Crippen molar-refractivity contribution in [3.63, 3.8) is 0 Å². The summed E-state index contributed by atoms with van der Waals surface area (Å²) in [6.45, 7) is 3.14. The van der Waals surface area contributed by atoms with Crippen molar-refractivity contribution in [1.29, 1.82) is 0 Å². The fourth-order valence-corrected chi connectivity index (χ4v) is 2.77. The van der Waals surface area contributed by atoms with E-state index < -0.39 is 0 Å². The predicted molar refractivity (Wildman–Crippen MR) is 103 cm³/mol. The molecule has 0 spiro atoms. The van der Waals surface area contributed by atoms with Crippen LogP contribution in [0.5, 0.6) is 5.75 Å². The Morgan fingerprint density at radius 3 is 2.48 bits per heavy atom. The molecular formula is C19H31ClN2O3. The first-order valence-corrected chi connectivity index (χ1v) is 9.08. The number of unbranched alkanes of at least 4 members (excludes halogenated alkanes) is 3. The van der Waals surface area contributed by atoms with Crippen LogP contribution >= 0.6 is 12.4 Å². The average Bonchev–Trinajstić information content (AvgIpc) is 2.62. The second kappa shape index (κ2) is 13.0. The lowest BCUT2D eigenvalue weighted by Gasteiger charge is -2.22. The third kappa shape index (κ3) is 9.10. The van der Waals surface area contributed by atoms with E-state index in [0.29, 0.717) is 12.3 Å². The Bertz CT molecular complexity index is 476. The minimum atomic E-state index is 0. The van der Waals surface area contributed by atoms with Gasteiger partial charge in [-0.1, -0.05) is 12.8 Å². The number of anilines is 1. The Labute approximate surface area is 157 Å². The zero-order valence-corrected chi connectivity index (χ0v) is 15.7. The molecule has 6 heteroatoms. The van der Waals surface area contributed by atoms with Crippen LogP contribution in [0.3, 0.4) is 0 Å². The summed E-state index contributed by atoms with van der Waals surface area (Å²) in [4.78, 5) is 11.9. The van der Waals surface area contributed by atoms with Crippen molar-refractivity contribution < 1.29 is 14.3 Å². The maximum Gasteiger partial charge on any atom is 0.224 e. The van der Waals surface area contributed by atoms with E-state index in [0.717, 1.165) is 76.3 Å². The highest BCUT2D eigenvalue weighted by molar-refractivity contribution is 5.90. The highest BCUT2D eigenvalue weighted by atomic mass is 35.5. The molecule has 2 rings (SSSR count). The SMILES string of the molecule is Cl.NCCCCCCC(=O)Nc1ccc(OCC2CCOCC2)cc1. The van der Waals surface area contributed by atoms with Gasteiger partial charge in [0.15, 0.2) is 0 Å². The number of benzene rings is 1. The molecule has 1 amide bonds. The lowest BCUT2D eigenvalue weighted by atomic mass is 10.0. The Kier molecular flexibility index (Phi) is 11.3. The summed E-state index contributed by atoms with van der Waals surface area (Å²) < 4.78 is 11.2. The van der Waals surface area contributed by atoms with Gasteiger partial charge in [-0.2, -0.15) is 0 Å². The molecule has 25 heavy (non-hydrogen) atoms. The number of hydrogen-bond acceptors (Lipinski definition) is 4. The van der Waals surface area contributed by atoms with Crippen LogP contribution in [-0.2, 0) is 9.53 Å². The maximum absolute atomic E-state index is 11.9. The molecule has 1 aliphatic heterocycles. The second-order valence-corrected chi connectivity index (χ2v) is 6.39. The molecule has 0 radical (unpaired) electrons. The molecule has 3 N–H and O–H groups in total. The molecule has 0 atom stereocenters. The summed E-state index contributed by atoms with van der Waals surface area (Å²) in [5.74, 6) is 1.50. The minimum absolute atomic E-state index is 0. The third-order valence-corrected chi connectivity index (χ3v) is 4.32. The molecule has 1 aromatic carbocycles. The van der Waals surface area contributed by atoms with E-state index in [1.807, 2.05) is 24.3 Å². The fourth-order valence-electron chi connectivity index (χ4n) is 2.77. The molecule has 1 aliphatic rings. The van der Waals surface area contributed by atoms with Crippen LogP contribution in [0.25, 0.3) is 0 Å². The monoisotopic (exact) mass is 370 g/mol. The molecule has 0 saturated carbocycles. The lowest BCUT2D eigenvalue weighted by molar-refractivity contribution is -0.116. The molecule has 1 aromatic rings. The summed E-state index contributed by atoms with van der Waals surface area (Å²) in [6.07, 6.45) is 6.81. The molecule has 0 unspecified atom stereocenters. The quantitative estimate of drug-likeness (QED) is 0.615. The molecule has 1 saturated heterocycles. The molecule has 1 fully saturated rings. The summed E-state index contributed by atoms with van der Waals surface area (Å²) in [5, 5.41) is 2.93. The van der Waals surface area contributed by atoms with Crippen LogP contribution in [0.1, 0.15) is 44.9 Å². The number of hydrogen-bond donors (Lipinski definition) is 2. The van der Waals surface area contributed by atoms with Gasteiger partial charge in [-0.05, 0) is 62.4 Å². The number of rotatable bonds is 10. The summed E-state index contributed by atoms with van der Waals surface area (Å²) in [5.41, 5.74) is 6.27. The van der Waals surface area contributed by atoms with Gasteiger partial charge >= 0.3 is 0 Å². The van der Waals surface area contributed by atoms with Crippen LogP contribution in [0.4, 0.5) is 5.69 Å². The first-order valence-electron chi connectivity index (χ1n) is 9.08. The van der Waals surface area contributed by atoms with Gasteiger partial charge < -0.3 is 20.5 Å². The first kappa shape index (κ1) is 21.7. The van der Waals surface area contributed by atoms with Gasteiger partial charge in [0, 0.05) is 25.3 Å². The Morgan fingerprint density at radius 2 is 1.80 bits per heavy atom. The average molecular weight is 371 g/mol. The zero-order valence-electron chi connectivity index (χ0n) is 14.9. The van der Waals surface area contributed by atoms with Crippen molar-refractivity contribution >= 4 is 24.0 Å².